The van der Waals surface area contributed by atoms with Crippen LogP contribution in [-0.2, 0) is 14.6 Å². The van der Waals surface area contributed by atoms with Gasteiger partial charge in [-0.25, -0.2) is 13.2 Å². The Bertz CT molecular complexity index is 681. The van der Waals surface area contributed by atoms with Crippen LogP contribution < -0.4 is 5.32 Å². The van der Waals surface area contributed by atoms with E-state index >= 15 is 0 Å². The fourth-order valence-electron chi connectivity index (χ4n) is 2.44. The molecule has 7 heteroatoms. The Morgan fingerprint density at radius 3 is 2.67 bits per heavy atom. The van der Waals surface area contributed by atoms with Gasteiger partial charge in [-0.1, -0.05) is 11.6 Å². The lowest BCUT2D eigenvalue weighted by Gasteiger charge is -2.11. The van der Waals surface area contributed by atoms with E-state index in [1.807, 2.05) is 0 Å². The van der Waals surface area contributed by atoms with Gasteiger partial charge >= 0.3 is 5.97 Å². The van der Waals surface area contributed by atoms with E-state index in [4.69, 9.17) is 5.11 Å². The smallest absolute Gasteiger partial charge is 0.337 e. The predicted octanol–water partition coefficient (Wildman–Crippen LogP) is 1.46. The minimum Gasteiger partial charge on any atom is -0.478 e. The number of carboxylic acid groups (broad SMARTS) is 1. The molecule has 2 N–H and O–H groups in total. The number of hydrogen-bond donors (Lipinski definition) is 2. The van der Waals surface area contributed by atoms with Crippen molar-refractivity contribution in [1.29, 1.82) is 0 Å². The maximum Gasteiger partial charge on any atom is 0.337 e. The van der Waals surface area contributed by atoms with Crippen LogP contribution in [-0.4, -0.2) is 36.9 Å². The van der Waals surface area contributed by atoms with Crippen LogP contribution in [0.1, 0.15) is 28.8 Å². The first-order valence-electron chi connectivity index (χ1n) is 6.61. The summed E-state index contributed by atoms with van der Waals surface area (Å²) < 4.78 is 22.7. The molecular formula is C14H17NO5S. The van der Waals surface area contributed by atoms with E-state index in [2.05, 4.69) is 5.32 Å². The van der Waals surface area contributed by atoms with E-state index in [1.165, 1.54) is 6.07 Å². The van der Waals surface area contributed by atoms with Gasteiger partial charge in [0.1, 0.15) is 0 Å². The van der Waals surface area contributed by atoms with Crippen molar-refractivity contribution in [3.8, 4) is 0 Å². The summed E-state index contributed by atoms with van der Waals surface area (Å²) in [5, 5.41) is 11.7. The molecule has 114 valence electrons. The van der Waals surface area contributed by atoms with Gasteiger partial charge in [0.05, 0.1) is 22.8 Å². The van der Waals surface area contributed by atoms with Crippen molar-refractivity contribution in [2.75, 3.05) is 16.8 Å². The molecule has 1 aliphatic rings. The van der Waals surface area contributed by atoms with Crippen LogP contribution in [0.25, 0.3) is 0 Å². The molecule has 1 fully saturated rings. The minimum atomic E-state index is -3.02. The van der Waals surface area contributed by atoms with Gasteiger partial charge in [-0.3, -0.25) is 4.79 Å². The predicted molar refractivity (Wildman–Crippen MR) is 78.1 cm³/mol. The quantitative estimate of drug-likeness (QED) is 0.876. The van der Waals surface area contributed by atoms with E-state index < -0.39 is 15.8 Å². The first-order valence-corrected chi connectivity index (χ1v) is 8.43. The summed E-state index contributed by atoms with van der Waals surface area (Å²) in [6, 6.07) is 4.74. The number of sulfone groups is 1. The Morgan fingerprint density at radius 2 is 2.10 bits per heavy atom. The molecule has 1 aromatic rings. The third-order valence-electron chi connectivity index (χ3n) is 3.48. The van der Waals surface area contributed by atoms with Crippen molar-refractivity contribution in [3.05, 3.63) is 29.3 Å². The van der Waals surface area contributed by atoms with Gasteiger partial charge in [0.15, 0.2) is 9.84 Å². The zero-order valence-corrected chi connectivity index (χ0v) is 12.4. The minimum absolute atomic E-state index is 0.0279. The number of anilines is 1. The third kappa shape index (κ3) is 4.04. The van der Waals surface area contributed by atoms with Gasteiger partial charge in [-0.2, -0.15) is 0 Å². The van der Waals surface area contributed by atoms with Crippen LogP contribution in [0.4, 0.5) is 5.69 Å². The lowest BCUT2D eigenvalue weighted by molar-refractivity contribution is -0.116. The van der Waals surface area contributed by atoms with Gasteiger partial charge in [0.2, 0.25) is 5.91 Å². The molecule has 0 saturated carbocycles. The maximum absolute atomic E-state index is 11.9. The summed E-state index contributed by atoms with van der Waals surface area (Å²) in [5.74, 6) is -1.51. The number of nitrogens with one attached hydrogen (secondary N) is 1. The first kappa shape index (κ1) is 15.5. The van der Waals surface area contributed by atoms with Gasteiger partial charge in [-0.05, 0) is 31.4 Å². The van der Waals surface area contributed by atoms with E-state index in [9.17, 15) is 18.0 Å². The molecule has 0 bridgehead atoms. The van der Waals surface area contributed by atoms with Crippen molar-refractivity contribution in [2.24, 2.45) is 5.92 Å². The molecule has 1 aliphatic heterocycles. The summed E-state index contributed by atoms with van der Waals surface area (Å²) in [6.45, 7) is 1.77. The molecule has 1 saturated heterocycles. The number of amides is 1. The van der Waals surface area contributed by atoms with Crippen molar-refractivity contribution < 1.29 is 23.1 Å². The normalized spacial score (nSPS) is 20.1. The highest BCUT2D eigenvalue weighted by Crippen LogP contribution is 2.23. The molecule has 0 spiro atoms. The van der Waals surface area contributed by atoms with Crippen LogP contribution in [0.15, 0.2) is 18.2 Å². The van der Waals surface area contributed by atoms with Crippen molar-refractivity contribution in [3.63, 3.8) is 0 Å². The standard InChI is InChI=1S/C14H17NO5S/c1-9-2-3-12(11(6-9)14(17)18)15-13(16)7-10-4-5-21(19,20)8-10/h2-3,6,10H,4-5,7-8H2,1H3,(H,15,16)(H,17,18). The number of rotatable bonds is 4. The summed E-state index contributed by atoms with van der Waals surface area (Å²) in [7, 11) is -3.02. The number of hydrogen-bond acceptors (Lipinski definition) is 4. The molecule has 21 heavy (non-hydrogen) atoms. The van der Waals surface area contributed by atoms with Gasteiger partial charge in [0, 0.05) is 6.42 Å². The molecule has 1 heterocycles. The maximum atomic E-state index is 11.9. The van der Waals surface area contributed by atoms with Gasteiger partial charge < -0.3 is 10.4 Å². The fourth-order valence-corrected chi connectivity index (χ4v) is 4.30. The molecule has 1 amide bonds. The summed E-state index contributed by atoms with van der Waals surface area (Å²) in [6.07, 6.45) is 0.571. The van der Waals surface area contributed by atoms with Crippen LogP contribution in [0.3, 0.4) is 0 Å². The Labute approximate surface area is 123 Å². The Hall–Kier alpha value is -1.89. The van der Waals surface area contributed by atoms with E-state index in [0.29, 0.717) is 6.42 Å². The molecular weight excluding hydrogens is 294 g/mol. The molecule has 1 unspecified atom stereocenters. The van der Waals surface area contributed by atoms with Gasteiger partial charge in [-0.15, -0.1) is 0 Å². The highest BCUT2D eigenvalue weighted by molar-refractivity contribution is 7.91. The van der Waals surface area contributed by atoms with Crippen molar-refractivity contribution in [2.45, 2.75) is 19.8 Å². The van der Waals surface area contributed by atoms with Crippen LogP contribution in [0.5, 0.6) is 0 Å². The SMILES string of the molecule is Cc1ccc(NC(=O)CC2CCS(=O)(=O)C2)c(C(=O)O)c1. The molecule has 2 rings (SSSR count). The lowest BCUT2D eigenvalue weighted by Crippen LogP contribution is -2.19. The number of aryl methyl sites for hydroxylation is 1. The van der Waals surface area contributed by atoms with Crippen LogP contribution in [0.2, 0.25) is 0 Å². The number of carbonyl (C=O) groups is 2. The summed E-state index contributed by atoms with van der Waals surface area (Å²) >= 11 is 0. The van der Waals surface area contributed by atoms with E-state index in [0.717, 1.165) is 5.56 Å². The number of carboxylic acids is 1. The highest BCUT2D eigenvalue weighted by atomic mass is 32.2. The highest BCUT2D eigenvalue weighted by Gasteiger charge is 2.29. The molecule has 6 nitrogen and oxygen atoms in total. The zero-order chi connectivity index (χ0) is 15.6. The van der Waals surface area contributed by atoms with E-state index in [-0.39, 0.29) is 41.0 Å². The van der Waals surface area contributed by atoms with Crippen molar-refractivity contribution in [1.82, 2.24) is 0 Å². The number of aromatic carboxylic acids is 1. The van der Waals surface area contributed by atoms with Crippen LogP contribution >= 0.6 is 0 Å². The van der Waals surface area contributed by atoms with Gasteiger partial charge in [0.25, 0.3) is 0 Å². The summed E-state index contributed by atoms with van der Waals surface area (Å²) in [5.41, 5.74) is 1.05. The average molecular weight is 311 g/mol. The van der Waals surface area contributed by atoms with Crippen molar-refractivity contribution >= 4 is 27.4 Å². The molecule has 0 aliphatic carbocycles. The molecule has 1 atom stereocenters. The monoisotopic (exact) mass is 311 g/mol. The molecule has 0 radical (unpaired) electrons. The Morgan fingerprint density at radius 1 is 1.38 bits per heavy atom. The topological polar surface area (TPSA) is 101 Å². The second kappa shape index (κ2) is 5.85. The third-order valence-corrected chi connectivity index (χ3v) is 5.32. The second-order valence-corrected chi connectivity index (χ2v) is 7.60. The van der Waals surface area contributed by atoms with Crippen LogP contribution in [0, 0.1) is 12.8 Å². The number of benzene rings is 1. The zero-order valence-electron chi connectivity index (χ0n) is 11.6. The molecule has 1 aromatic carbocycles. The Kier molecular flexibility index (Phi) is 4.32. The summed E-state index contributed by atoms with van der Waals surface area (Å²) in [4.78, 5) is 23.1. The average Bonchev–Trinajstić information content (AvgIpc) is 2.70. The fraction of sp³-hybridized carbons (Fsp3) is 0.429. The van der Waals surface area contributed by atoms with E-state index in [1.54, 1.807) is 19.1 Å². The Balaban J connectivity index is 2.05. The molecule has 0 aromatic heterocycles. The second-order valence-electron chi connectivity index (χ2n) is 5.38. The largest absolute Gasteiger partial charge is 0.478 e. The first-order chi connectivity index (χ1) is 9.77. The number of carbonyl (C=O) groups excluding carboxylic acids is 1. The lowest BCUT2D eigenvalue weighted by atomic mass is 10.0.